The summed E-state index contributed by atoms with van der Waals surface area (Å²) in [5, 5.41) is 15.9. The molecule has 0 aliphatic rings. The summed E-state index contributed by atoms with van der Waals surface area (Å²) in [6.07, 6.45) is 0. The van der Waals surface area contributed by atoms with Crippen LogP contribution in [0.4, 0.5) is 4.79 Å². The lowest BCUT2D eigenvalue weighted by atomic mass is 10.3. The highest BCUT2D eigenvalue weighted by Crippen LogP contribution is 1.82. The van der Waals surface area contributed by atoms with Crippen molar-refractivity contribution in [2.75, 3.05) is 13.2 Å². The van der Waals surface area contributed by atoms with Gasteiger partial charge in [0.15, 0.2) is 0 Å². The van der Waals surface area contributed by atoms with Gasteiger partial charge in [0.2, 0.25) is 0 Å². The van der Waals surface area contributed by atoms with E-state index in [4.69, 9.17) is 27.5 Å². The van der Waals surface area contributed by atoms with Crippen LogP contribution < -0.4 is 5.73 Å². The largest absolute Gasteiger partial charge is 0.480 e. The molecular formula is C6H12ClNO5. The zero-order chi connectivity index (χ0) is 10.9. The van der Waals surface area contributed by atoms with Crippen LogP contribution in [0.2, 0.25) is 0 Å². The van der Waals surface area contributed by atoms with Gasteiger partial charge in [0.25, 0.3) is 0 Å². The summed E-state index contributed by atoms with van der Waals surface area (Å²) in [5.41, 5.74) is 4.03. The van der Waals surface area contributed by atoms with Crippen molar-refractivity contribution in [3.8, 4) is 0 Å². The molecular weight excluding hydrogens is 202 g/mol. The molecule has 0 aliphatic heterocycles. The van der Waals surface area contributed by atoms with Gasteiger partial charge < -0.3 is 20.7 Å². The number of aliphatic hydroxyl groups is 1. The fourth-order valence-electron chi connectivity index (χ4n) is 0.192. The number of carboxylic acids is 1. The van der Waals surface area contributed by atoms with Gasteiger partial charge in [0, 0.05) is 11.6 Å². The maximum absolute atomic E-state index is 9.65. The second-order valence-corrected chi connectivity index (χ2v) is 2.11. The molecule has 0 saturated heterocycles. The molecule has 1 atom stereocenters. The Hall–Kier alpha value is -0.850. The maximum Gasteiger partial charge on any atom is 0.403 e. The quantitative estimate of drug-likeness (QED) is 0.559. The molecule has 0 amide bonds. The number of aliphatic hydroxyl groups excluding tert-OH is 1. The Morgan fingerprint density at radius 2 is 2.08 bits per heavy atom. The molecule has 0 aromatic heterocycles. The minimum atomic E-state index is -1.18. The Balaban J connectivity index is 0. The first-order valence-electron chi connectivity index (χ1n) is 3.37. The van der Waals surface area contributed by atoms with Crippen molar-refractivity contribution in [1.29, 1.82) is 0 Å². The number of carboxylic acid groups (broad SMARTS) is 1. The highest BCUT2D eigenvalue weighted by atomic mass is 35.5. The average Bonchev–Trinajstić information content (AvgIpc) is 2.03. The van der Waals surface area contributed by atoms with Gasteiger partial charge in [0.05, 0.1) is 13.2 Å². The van der Waals surface area contributed by atoms with Gasteiger partial charge in [0.1, 0.15) is 6.04 Å². The van der Waals surface area contributed by atoms with Crippen molar-refractivity contribution in [2.45, 2.75) is 13.0 Å². The summed E-state index contributed by atoms with van der Waals surface area (Å²) in [7, 11) is 0. The molecule has 0 aromatic carbocycles. The summed E-state index contributed by atoms with van der Waals surface area (Å²) in [4.78, 5) is 19.2. The zero-order valence-electron chi connectivity index (χ0n) is 7.07. The van der Waals surface area contributed by atoms with Crippen LogP contribution in [-0.2, 0) is 9.53 Å². The van der Waals surface area contributed by atoms with Crippen LogP contribution in [0.25, 0.3) is 0 Å². The number of rotatable bonds is 3. The second kappa shape index (κ2) is 9.24. The first-order chi connectivity index (χ1) is 5.95. The van der Waals surface area contributed by atoms with E-state index in [0.29, 0.717) is 6.61 Å². The van der Waals surface area contributed by atoms with Crippen molar-refractivity contribution in [3.05, 3.63) is 0 Å². The van der Waals surface area contributed by atoms with Gasteiger partial charge >= 0.3 is 11.4 Å². The summed E-state index contributed by atoms with van der Waals surface area (Å²) < 4.78 is 4.17. The number of nitrogens with two attached hydrogens (primary N) is 1. The fourth-order valence-corrected chi connectivity index (χ4v) is 0.301. The molecule has 0 spiro atoms. The van der Waals surface area contributed by atoms with Crippen LogP contribution in [0.1, 0.15) is 6.92 Å². The molecule has 0 saturated carbocycles. The Morgan fingerprint density at radius 1 is 1.62 bits per heavy atom. The number of halogens is 1. The Morgan fingerprint density at radius 3 is 2.08 bits per heavy atom. The second-order valence-electron chi connectivity index (χ2n) is 1.80. The first-order valence-corrected chi connectivity index (χ1v) is 3.75. The summed E-state index contributed by atoms with van der Waals surface area (Å²) >= 11 is 4.72. The van der Waals surface area contributed by atoms with Crippen molar-refractivity contribution >= 4 is 23.0 Å². The average molecular weight is 214 g/mol. The number of aliphatic carboxylic acids is 1. The molecule has 6 nitrogen and oxygen atoms in total. The molecule has 0 aliphatic carbocycles. The van der Waals surface area contributed by atoms with Crippen LogP contribution in [0.5, 0.6) is 0 Å². The van der Waals surface area contributed by atoms with E-state index < -0.39 is 24.0 Å². The van der Waals surface area contributed by atoms with Crippen LogP contribution in [0.3, 0.4) is 0 Å². The number of carbonyl (C=O) groups excluding carboxylic acids is 1. The molecule has 0 bridgehead atoms. The molecule has 78 valence electrons. The number of hydrogen-bond donors (Lipinski definition) is 3. The van der Waals surface area contributed by atoms with Crippen molar-refractivity contribution in [1.82, 2.24) is 0 Å². The van der Waals surface area contributed by atoms with E-state index in [1.54, 1.807) is 6.92 Å². The Labute approximate surface area is 80.2 Å². The molecule has 0 heterocycles. The van der Waals surface area contributed by atoms with Gasteiger partial charge in [-0.25, -0.2) is 4.79 Å². The van der Waals surface area contributed by atoms with Crippen molar-refractivity contribution < 1.29 is 24.5 Å². The van der Waals surface area contributed by atoms with Gasteiger partial charge in [-0.1, -0.05) is 0 Å². The number of carbonyl (C=O) groups is 2. The minimum Gasteiger partial charge on any atom is -0.480 e. The van der Waals surface area contributed by atoms with Crippen molar-refractivity contribution in [3.63, 3.8) is 0 Å². The maximum atomic E-state index is 9.65. The fraction of sp³-hybridized carbons (Fsp3) is 0.667. The molecule has 0 aromatic rings. The van der Waals surface area contributed by atoms with E-state index in [1.165, 1.54) is 0 Å². The van der Waals surface area contributed by atoms with Gasteiger partial charge in [-0.3, -0.25) is 4.79 Å². The van der Waals surface area contributed by atoms with Crippen LogP contribution in [0, 0.1) is 0 Å². The topological polar surface area (TPSA) is 110 Å². The van der Waals surface area contributed by atoms with E-state index in [2.05, 4.69) is 4.74 Å². The van der Waals surface area contributed by atoms with Gasteiger partial charge in [-0.05, 0) is 6.92 Å². The summed E-state index contributed by atoms with van der Waals surface area (Å²) in [6, 6.07) is -1.13. The SMILES string of the molecule is CCOC(=O)Cl.NC(CO)C(=O)O. The third kappa shape index (κ3) is 14.1. The highest BCUT2D eigenvalue weighted by Gasteiger charge is 2.06. The third-order valence-electron chi connectivity index (χ3n) is 0.772. The third-order valence-corrected chi connectivity index (χ3v) is 0.881. The summed E-state index contributed by atoms with van der Waals surface area (Å²) in [6.45, 7) is 1.54. The van der Waals surface area contributed by atoms with Crippen LogP contribution in [-0.4, -0.2) is 40.9 Å². The predicted octanol–water partition coefficient (Wildman–Crippen LogP) is -0.228. The molecule has 13 heavy (non-hydrogen) atoms. The normalized spacial score (nSPS) is 10.8. The first kappa shape index (κ1) is 14.7. The lowest BCUT2D eigenvalue weighted by molar-refractivity contribution is -0.139. The predicted molar refractivity (Wildman–Crippen MR) is 45.6 cm³/mol. The molecule has 4 N–H and O–H groups in total. The standard InChI is InChI=1S/C3H5ClO2.C3H7NO3/c1-2-6-3(4)5;4-2(1-5)3(6)7/h2H2,1H3;2,5H,1,4H2,(H,6,7). The monoisotopic (exact) mass is 213 g/mol. The minimum absolute atomic E-state index is 0.350. The van der Waals surface area contributed by atoms with Crippen molar-refractivity contribution in [2.24, 2.45) is 5.73 Å². The molecule has 0 rings (SSSR count). The highest BCUT2D eigenvalue weighted by molar-refractivity contribution is 6.61. The molecule has 0 fully saturated rings. The van der Waals surface area contributed by atoms with Gasteiger partial charge in [-0.15, -0.1) is 0 Å². The number of hydrogen-bond acceptors (Lipinski definition) is 5. The van der Waals surface area contributed by atoms with E-state index in [0.717, 1.165) is 0 Å². The summed E-state index contributed by atoms with van der Waals surface area (Å²) in [5.74, 6) is -1.18. The van der Waals surface area contributed by atoms with Gasteiger partial charge in [-0.2, -0.15) is 0 Å². The molecule has 0 radical (unpaired) electrons. The van der Waals surface area contributed by atoms with Crippen LogP contribution >= 0.6 is 11.6 Å². The molecule has 1 unspecified atom stereocenters. The Bertz CT molecular complexity index is 163. The number of ether oxygens (including phenoxy) is 1. The van der Waals surface area contributed by atoms with E-state index >= 15 is 0 Å². The van der Waals surface area contributed by atoms with E-state index in [9.17, 15) is 9.59 Å². The lowest BCUT2D eigenvalue weighted by Gasteiger charge is -1.96. The molecule has 7 heteroatoms. The lowest BCUT2D eigenvalue weighted by Crippen LogP contribution is -2.33. The zero-order valence-corrected chi connectivity index (χ0v) is 7.82. The van der Waals surface area contributed by atoms with Crippen LogP contribution in [0.15, 0.2) is 0 Å². The van der Waals surface area contributed by atoms with E-state index in [-0.39, 0.29) is 0 Å². The smallest absolute Gasteiger partial charge is 0.403 e. The Kier molecular flexibility index (Phi) is 10.4. The van der Waals surface area contributed by atoms with E-state index in [1.807, 2.05) is 0 Å².